The molecule has 7 heteroatoms. The molecule has 0 aliphatic heterocycles. The van der Waals surface area contributed by atoms with Crippen molar-refractivity contribution in [2.45, 2.75) is 31.8 Å². The quantitative estimate of drug-likeness (QED) is 0.705. The van der Waals surface area contributed by atoms with E-state index < -0.39 is 5.97 Å². The lowest BCUT2D eigenvalue weighted by atomic mass is 10.1. The second kappa shape index (κ2) is 4.94. The van der Waals surface area contributed by atoms with E-state index in [1.807, 2.05) is 0 Å². The molecule has 7 nitrogen and oxygen atoms in total. The van der Waals surface area contributed by atoms with Crippen molar-refractivity contribution >= 4 is 11.9 Å². The molecular formula is C10H14N4O3. The third kappa shape index (κ3) is 3.54. The molecule has 1 aliphatic carbocycles. The van der Waals surface area contributed by atoms with E-state index in [0.717, 1.165) is 12.8 Å². The van der Waals surface area contributed by atoms with Crippen LogP contribution in [-0.4, -0.2) is 38.0 Å². The maximum absolute atomic E-state index is 11.6. The summed E-state index contributed by atoms with van der Waals surface area (Å²) in [5.41, 5.74) is 0. The average Bonchev–Trinajstić information content (AvgIpc) is 2.97. The van der Waals surface area contributed by atoms with Crippen molar-refractivity contribution in [3.05, 3.63) is 12.4 Å². The van der Waals surface area contributed by atoms with Gasteiger partial charge in [0.2, 0.25) is 5.91 Å². The zero-order valence-electron chi connectivity index (χ0n) is 9.24. The molecule has 92 valence electrons. The fraction of sp³-hybridized carbons (Fsp3) is 0.600. The molecule has 1 saturated carbocycles. The summed E-state index contributed by atoms with van der Waals surface area (Å²) in [4.78, 5) is 22.3. The number of carboxylic acid groups (broad SMARTS) is 1. The van der Waals surface area contributed by atoms with Crippen LogP contribution in [0.15, 0.2) is 12.4 Å². The zero-order valence-corrected chi connectivity index (χ0v) is 9.24. The van der Waals surface area contributed by atoms with E-state index in [1.54, 1.807) is 6.20 Å². The maximum Gasteiger partial charge on any atom is 0.305 e. The maximum atomic E-state index is 11.6. The molecule has 2 rings (SSSR count). The van der Waals surface area contributed by atoms with Crippen LogP contribution in [0.3, 0.4) is 0 Å². The van der Waals surface area contributed by atoms with Gasteiger partial charge in [0.05, 0.1) is 12.6 Å². The van der Waals surface area contributed by atoms with E-state index in [4.69, 9.17) is 5.11 Å². The van der Waals surface area contributed by atoms with Gasteiger partial charge in [-0.1, -0.05) is 5.21 Å². The minimum absolute atomic E-state index is 0.0201. The number of aliphatic carboxylic acids is 1. The number of rotatable bonds is 6. The highest BCUT2D eigenvalue weighted by atomic mass is 16.4. The van der Waals surface area contributed by atoms with Gasteiger partial charge in [0.25, 0.3) is 0 Å². The predicted octanol–water partition coefficient (Wildman–Crippen LogP) is -0.352. The van der Waals surface area contributed by atoms with Gasteiger partial charge in [0.15, 0.2) is 0 Å². The summed E-state index contributed by atoms with van der Waals surface area (Å²) in [5, 5.41) is 18.8. The molecule has 2 N–H and O–H groups in total. The Hall–Kier alpha value is -1.92. The number of carbonyl (C=O) groups excluding carboxylic acids is 1. The number of hydrogen-bond donors (Lipinski definition) is 2. The first-order valence-corrected chi connectivity index (χ1v) is 5.50. The zero-order chi connectivity index (χ0) is 12.3. The number of carbonyl (C=O) groups is 2. The van der Waals surface area contributed by atoms with Crippen molar-refractivity contribution in [1.29, 1.82) is 0 Å². The molecular weight excluding hydrogens is 224 g/mol. The van der Waals surface area contributed by atoms with Crippen LogP contribution in [0.5, 0.6) is 0 Å². The van der Waals surface area contributed by atoms with Gasteiger partial charge < -0.3 is 10.4 Å². The molecule has 0 bridgehead atoms. The van der Waals surface area contributed by atoms with Crippen LogP contribution in [0.4, 0.5) is 0 Å². The topological polar surface area (TPSA) is 97.1 Å². The molecule has 1 fully saturated rings. The minimum atomic E-state index is -0.886. The van der Waals surface area contributed by atoms with Gasteiger partial charge >= 0.3 is 5.97 Å². The van der Waals surface area contributed by atoms with Crippen LogP contribution in [0.25, 0.3) is 0 Å². The number of amides is 1. The Kier molecular flexibility index (Phi) is 3.36. The van der Waals surface area contributed by atoms with Gasteiger partial charge in [-0.05, 0) is 18.8 Å². The average molecular weight is 238 g/mol. The van der Waals surface area contributed by atoms with E-state index in [-0.39, 0.29) is 24.9 Å². The van der Waals surface area contributed by atoms with Crippen molar-refractivity contribution in [2.24, 2.45) is 5.92 Å². The van der Waals surface area contributed by atoms with E-state index in [2.05, 4.69) is 15.6 Å². The Morgan fingerprint density at radius 2 is 2.29 bits per heavy atom. The van der Waals surface area contributed by atoms with E-state index in [9.17, 15) is 9.59 Å². The van der Waals surface area contributed by atoms with Crippen molar-refractivity contribution in [1.82, 2.24) is 20.3 Å². The van der Waals surface area contributed by atoms with Crippen molar-refractivity contribution in [3.63, 3.8) is 0 Å². The van der Waals surface area contributed by atoms with Crippen LogP contribution < -0.4 is 5.32 Å². The number of nitrogens with zero attached hydrogens (tertiary/aromatic N) is 3. The minimum Gasteiger partial charge on any atom is -0.481 e. The Morgan fingerprint density at radius 1 is 1.53 bits per heavy atom. The summed E-state index contributed by atoms with van der Waals surface area (Å²) in [7, 11) is 0. The monoisotopic (exact) mass is 238 g/mol. The van der Waals surface area contributed by atoms with E-state index in [0.29, 0.717) is 5.92 Å². The molecule has 1 atom stereocenters. The largest absolute Gasteiger partial charge is 0.481 e. The molecule has 0 radical (unpaired) electrons. The highest BCUT2D eigenvalue weighted by Gasteiger charge is 2.33. The summed E-state index contributed by atoms with van der Waals surface area (Å²) in [6.07, 6.45) is 5.03. The van der Waals surface area contributed by atoms with Gasteiger partial charge in [-0.25, -0.2) is 4.68 Å². The highest BCUT2D eigenvalue weighted by molar-refractivity contribution is 5.77. The van der Waals surface area contributed by atoms with Gasteiger partial charge in [0, 0.05) is 12.2 Å². The van der Waals surface area contributed by atoms with Gasteiger partial charge in [-0.3, -0.25) is 9.59 Å². The van der Waals surface area contributed by atoms with Gasteiger partial charge in [-0.2, -0.15) is 0 Å². The molecule has 0 saturated heterocycles. The number of aromatic nitrogens is 3. The SMILES string of the molecule is O=C(O)CC(NC(=O)Cn1ccnn1)C1CC1. The molecule has 1 unspecified atom stereocenters. The van der Waals surface area contributed by atoms with E-state index >= 15 is 0 Å². The Balaban J connectivity index is 1.84. The lowest BCUT2D eigenvalue weighted by Gasteiger charge is -2.15. The molecule has 0 spiro atoms. The fourth-order valence-corrected chi connectivity index (χ4v) is 1.74. The first kappa shape index (κ1) is 11.6. The first-order chi connectivity index (χ1) is 8.15. The van der Waals surface area contributed by atoms with Gasteiger partial charge in [0.1, 0.15) is 6.54 Å². The number of hydrogen-bond acceptors (Lipinski definition) is 4. The van der Waals surface area contributed by atoms with Crippen LogP contribution in [0.1, 0.15) is 19.3 Å². The number of carboxylic acids is 1. The fourth-order valence-electron chi connectivity index (χ4n) is 1.74. The predicted molar refractivity (Wildman–Crippen MR) is 56.9 cm³/mol. The second-order valence-electron chi connectivity index (χ2n) is 4.21. The van der Waals surface area contributed by atoms with Crippen molar-refractivity contribution in [2.75, 3.05) is 0 Å². The van der Waals surface area contributed by atoms with Crippen LogP contribution >= 0.6 is 0 Å². The summed E-state index contributed by atoms with van der Waals surface area (Å²) in [5.74, 6) is -0.803. The third-order valence-electron chi connectivity index (χ3n) is 2.71. The lowest BCUT2D eigenvalue weighted by Crippen LogP contribution is -2.39. The lowest BCUT2D eigenvalue weighted by molar-refractivity contribution is -0.137. The standard InChI is InChI=1S/C10H14N4O3/c15-9(6-14-4-3-11-13-14)12-8(5-10(16)17)7-1-2-7/h3-4,7-8H,1-2,5-6H2,(H,12,15)(H,16,17). The summed E-state index contributed by atoms with van der Waals surface area (Å²) >= 11 is 0. The third-order valence-corrected chi connectivity index (χ3v) is 2.71. The Labute approximate surface area is 97.8 Å². The second-order valence-corrected chi connectivity index (χ2v) is 4.21. The molecule has 1 amide bonds. The molecule has 1 aliphatic rings. The molecule has 0 aromatic carbocycles. The molecule has 17 heavy (non-hydrogen) atoms. The Morgan fingerprint density at radius 3 is 2.82 bits per heavy atom. The highest BCUT2D eigenvalue weighted by Crippen LogP contribution is 2.33. The van der Waals surface area contributed by atoms with Crippen LogP contribution in [0.2, 0.25) is 0 Å². The Bertz CT molecular complexity index is 400. The summed E-state index contributed by atoms with van der Waals surface area (Å²) in [6.45, 7) is 0.0723. The molecule has 1 aromatic rings. The first-order valence-electron chi connectivity index (χ1n) is 5.50. The van der Waals surface area contributed by atoms with Crippen molar-refractivity contribution < 1.29 is 14.7 Å². The van der Waals surface area contributed by atoms with E-state index in [1.165, 1.54) is 10.9 Å². The normalized spacial score (nSPS) is 16.5. The van der Waals surface area contributed by atoms with Gasteiger partial charge in [-0.15, -0.1) is 5.10 Å². The smallest absolute Gasteiger partial charge is 0.305 e. The molecule has 1 aromatic heterocycles. The van der Waals surface area contributed by atoms with Crippen LogP contribution in [-0.2, 0) is 16.1 Å². The summed E-state index contributed by atoms with van der Waals surface area (Å²) < 4.78 is 1.40. The van der Waals surface area contributed by atoms with Crippen LogP contribution in [0, 0.1) is 5.92 Å². The molecule has 1 heterocycles. The van der Waals surface area contributed by atoms with Crippen molar-refractivity contribution in [3.8, 4) is 0 Å². The summed E-state index contributed by atoms with van der Waals surface area (Å²) in [6, 6.07) is -0.261. The number of nitrogens with one attached hydrogen (secondary N) is 1.